The molecule has 20 heavy (non-hydrogen) atoms. The first kappa shape index (κ1) is 14.2. The minimum Gasteiger partial charge on any atom is -0.331 e. The highest BCUT2D eigenvalue weighted by atomic mass is 16.2. The third kappa shape index (κ3) is 2.07. The van der Waals surface area contributed by atoms with Crippen molar-refractivity contribution in [2.75, 3.05) is 33.7 Å². The summed E-state index contributed by atoms with van der Waals surface area (Å²) in [5, 5.41) is 10.6. The Labute approximate surface area is 118 Å². The molecule has 0 atom stereocenters. The number of amides is 4. The molecule has 2 aliphatic rings. The van der Waals surface area contributed by atoms with E-state index in [-0.39, 0.29) is 24.4 Å². The van der Waals surface area contributed by atoms with E-state index in [1.807, 2.05) is 0 Å². The van der Waals surface area contributed by atoms with Crippen LogP contribution in [-0.2, 0) is 0 Å². The second-order valence-electron chi connectivity index (χ2n) is 5.29. The molecule has 2 heterocycles. The molecular formula is C13H19N5O2. The molecule has 0 aromatic heterocycles. The maximum atomic E-state index is 11.9. The number of hydrogen-bond donors (Lipinski definition) is 2. The highest BCUT2D eigenvalue weighted by Crippen LogP contribution is 2.33. The fourth-order valence-electron chi connectivity index (χ4n) is 2.81. The number of urea groups is 2. The Morgan fingerprint density at radius 1 is 1.50 bits per heavy atom. The molecule has 4 amide bonds. The van der Waals surface area contributed by atoms with Gasteiger partial charge in [-0.05, 0) is 12.8 Å². The van der Waals surface area contributed by atoms with E-state index in [9.17, 15) is 9.59 Å². The van der Waals surface area contributed by atoms with Crippen LogP contribution in [0.2, 0.25) is 0 Å². The quantitative estimate of drug-likeness (QED) is 0.669. The van der Waals surface area contributed by atoms with Crippen molar-refractivity contribution in [3.05, 3.63) is 0 Å². The molecule has 2 aliphatic heterocycles. The molecular weight excluding hydrogens is 258 g/mol. The summed E-state index contributed by atoms with van der Waals surface area (Å²) in [5.74, 6) is 2.65. The number of carbonyl (C=O) groups is 2. The molecule has 108 valence electrons. The number of terminal acetylenes is 1. The number of carbonyl (C=O) groups excluding carboxylic acids is 2. The molecule has 0 bridgehead atoms. The van der Waals surface area contributed by atoms with Crippen LogP contribution in [0.15, 0.2) is 0 Å². The van der Waals surface area contributed by atoms with E-state index in [0.717, 1.165) is 0 Å². The van der Waals surface area contributed by atoms with Crippen molar-refractivity contribution in [3.8, 4) is 12.3 Å². The third-order valence-electron chi connectivity index (χ3n) is 3.95. The smallest absolute Gasteiger partial charge is 0.324 e. The van der Waals surface area contributed by atoms with E-state index >= 15 is 0 Å². The lowest BCUT2D eigenvalue weighted by atomic mass is 9.85. The van der Waals surface area contributed by atoms with Crippen molar-refractivity contribution in [1.82, 2.24) is 20.0 Å². The van der Waals surface area contributed by atoms with Gasteiger partial charge in [0, 0.05) is 27.2 Å². The lowest BCUT2D eigenvalue weighted by molar-refractivity contribution is 0.110. The largest absolute Gasteiger partial charge is 0.331 e. The first-order valence-corrected chi connectivity index (χ1v) is 6.50. The summed E-state index contributed by atoms with van der Waals surface area (Å²) in [6.45, 7) is 1.20. The Balaban J connectivity index is 2.14. The van der Waals surface area contributed by atoms with E-state index in [1.165, 1.54) is 9.80 Å². The summed E-state index contributed by atoms with van der Waals surface area (Å²) >= 11 is 0. The summed E-state index contributed by atoms with van der Waals surface area (Å²) in [5.41, 5.74) is -0.674. The predicted molar refractivity (Wildman–Crippen MR) is 74.4 cm³/mol. The zero-order chi connectivity index (χ0) is 14.9. The van der Waals surface area contributed by atoms with Gasteiger partial charge >= 0.3 is 12.1 Å². The van der Waals surface area contributed by atoms with Crippen LogP contribution in [0.5, 0.6) is 0 Å². The van der Waals surface area contributed by atoms with Gasteiger partial charge in [-0.2, -0.15) is 0 Å². The number of hydrogen-bond acceptors (Lipinski definition) is 3. The van der Waals surface area contributed by atoms with E-state index < -0.39 is 5.54 Å². The van der Waals surface area contributed by atoms with E-state index in [4.69, 9.17) is 11.8 Å². The molecule has 2 saturated heterocycles. The Morgan fingerprint density at radius 2 is 2.10 bits per heavy atom. The Bertz CT molecular complexity index is 485. The second kappa shape index (κ2) is 5.04. The van der Waals surface area contributed by atoms with Crippen LogP contribution in [-0.4, -0.2) is 71.9 Å². The molecule has 0 aliphatic carbocycles. The van der Waals surface area contributed by atoms with Crippen molar-refractivity contribution < 1.29 is 9.59 Å². The zero-order valence-electron chi connectivity index (χ0n) is 11.8. The fraction of sp³-hybridized carbons (Fsp3) is 0.615. The molecule has 0 aromatic carbocycles. The maximum Gasteiger partial charge on any atom is 0.324 e. The van der Waals surface area contributed by atoms with Gasteiger partial charge in [-0.15, -0.1) is 6.42 Å². The average Bonchev–Trinajstić information content (AvgIpc) is 2.64. The van der Waals surface area contributed by atoms with E-state index in [2.05, 4.69) is 11.2 Å². The van der Waals surface area contributed by atoms with Crippen molar-refractivity contribution in [1.29, 1.82) is 5.41 Å². The molecule has 2 fully saturated rings. The first-order valence-electron chi connectivity index (χ1n) is 6.50. The third-order valence-corrected chi connectivity index (χ3v) is 3.95. The summed E-state index contributed by atoms with van der Waals surface area (Å²) in [6.07, 6.45) is 6.38. The normalized spacial score (nSPS) is 20.9. The van der Waals surface area contributed by atoms with Gasteiger partial charge < -0.3 is 14.7 Å². The Hall–Kier alpha value is -2.23. The molecule has 0 aromatic rings. The molecule has 7 nitrogen and oxygen atoms in total. The summed E-state index contributed by atoms with van der Waals surface area (Å²) in [7, 11) is 3.42. The zero-order valence-corrected chi connectivity index (χ0v) is 11.8. The highest BCUT2D eigenvalue weighted by Gasteiger charge is 2.51. The van der Waals surface area contributed by atoms with Crippen molar-refractivity contribution in [2.24, 2.45) is 0 Å². The minimum atomic E-state index is -0.674. The molecule has 0 unspecified atom stereocenters. The van der Waals surface area contributed by atoms with Gasteiger partial charge in [0.25, 0.3) is 0 Å². The van der Waals surface area contributed by atoms with Crippen LogP contribution < -0.4 is 5.32 Å². The average molecular weight is 277 g/mol. The molecule has 7 heteroatoms. The molecule has 1 spiro atoms. The lowest BCUT2D eigenvalue weighted by Gasteiger charge is -2.43. The Kier molecular flexibility index (Phi) is 3.57. The first-order chi connectivity index (χ1) is 9.42. The number of nitrogens with zero attached hydrogens (tertiary/aromatic N) is 3. The SMILES string of the molecule is C#CCN1C(=O)NC(=N)C12CCN(C(=O)N(C)C)CC2. The standard InChI is InChI=1S/C13H19N5O2/c1-4-7-18-11(19)15-10(14)13(18)5-8-17(9-6-13)12(20)16(2)3/h1H,5-9H2,2-3H3,(H2,14,15,19). The van der Waals surface area contributed by atoms with E-state index in [0.29, 0.717) is 25.9 Å². The summed E-state index contributed by atoms with van der Waals surface area (Å²) < 4.78 is 0. The molecule has 2 N–H and O–H groups in total. The number of rotatable bonds is 1. The molecule has 2 rings (SSSR count). The summed E-state index contributed by atoms with van der Waals surface area (Å²) in [6, 6.07) is -0.368. The van der Waals surface area contributed by atoms with Crippen LogP contribution in [0.1, 0.15) is 12.8 Å². The number of likely N-dealkylation sites (tertiary alicyclic amines) is 1. The van der Waals surface area contributed by atoms with Gasteiger partial charge in [0.15, 0.2) is 0 Å². The minimum absolute atomic E-state index is 0.0489. The van der Waals surface area contributed by atoms with Crippen LogP contribution in [0, 0.1) is 17.8 Å². The predicted octanol–water partition coefficient (Wildman–Crippen LogP) is 0.138. The highest BCUT2D eigenvalue weighted by molar-refractivity contribution is 6.08. The van der Waals surface area contributed by atoms with Crippen molar-refractivity contribution >= 4 is 17.9 Å². The van der Waals surface area contributed by atoms with Crippen LogP contribution >= 0.6 is 0 Å². The van der Waals surface area contributed by atoms with Gasteiger partial charge in [0.1, 0.15) is 11.4 Å². The number of nitrogens with one attached hydrogen (secondary N) is 2. The second-order valence-corrected chi connectivity index (χ2v) is 5.29. The molecule has 0 saturated carbocycles. The number of piperidine rings is 1. The molecule has 0 radical (unpaired) electrons. The fourth-order valence-corrected chi connectivity index (χ4v) is 2.81. The lowest BCUT2D eigenvalue weighted by Crippen LogP contribution is -2.58. The number of amidine groups is 1. The van der Waals surface area contributed by atoms with Gasteiger partial charge in [-0.25, -0.2) is 9.59 Å². The van der Waals surface area contributed by atoms with Crippen LogP contribution in [0.3, 0.4) is 0 Å². The monoisotopic (exact) mass is 277 g/mol. The van der Waals surface area contributed by atoms with Gasteiger partial charge in [-0.3, -0.25) is 10.7 Å². The van der Waals surface area contributed by atoms with Crippen molar-refractivity contribution in [3.63, 3.8) is 0 Å². The maximum absolute atomic E-state index is 11.9. The van der Waals surface area contributed by atoms with Gasteiger partial charge in [0.2, 0.25) is 0 Å². The van der Waals surface area contributed by atoms with Crippen LogP contribution in [0.25, 0.3) is 0 Å². The topological polar surface area (TPSA) is 79.7 Å². The van der Waals surface area contributed by atoms with Crippen molar-refractivity contribution in [2.45, 2.75) is 18.4 Å². The van der Waals surface area contributed by atoms with Crippen LogP contribution in [0.4, 0.5) is 9.59 Å². The van der Waals surface area contributed by atoms with Gasteiger partial charge in [0.05, 0.1) is 6.54 Å². The summed E-state index contributed by atoms with van der Waals surface area (Å²) in [4.78, 5) is 28.6. The van der Waals surface area contributed by atoms with Gasteiger partial charge in [-0.1, -0.05) is 5.92 Å². The Morgan fingerprint density at radius 3 is 2.60 bits per heavy atom. The van der Waals surface area contributed by atoms with E-state index in [1.54, 1.807) is 19.0 Å².